The van der Waals surface area contributed by atoms with Gasteiger partial charge in [-0.25, -0.2) is 14.8 Å². The first kappa shape index (κ1) is 26.2. The van der Waals surface area contributed by atoms with Crippen LogP contribution in [0, 0.1) is 0 Å². The molecule has 2 amide bonds. The van der Waals surface area contributed by atoms with Crippen LogP contribution in [0.2, 0.25) is 0 Å². The van der Waals surface area contributed by atoms with Crippen LogP contribution in [0.15, 0.2) is 42.7 Å². The molecule has 8 nitrogen and oxygen atoms in total. The lowest BCUT2D eigenvalue weighted by molar-refractivity contribution is -0.138. The smallest absolute Gasteiger partial charge is 0.419 e. The summed E-state index contributed by atoms with van der Waals surface area (Å²) in [6, 6.07) is 9.15. The van der Waals surface area contributed by atoms with E-state index < -0.39 is 23.4 Å². The van der Waals surface area contributed by atoms with E-state index in [-0.39, 0.29) is 18.3 Å². The summed E-state index contributed by atoms with van der Waals surface area (Å²) in [6.07, 6.45) is -2.71. The van der Waals surface area contributed by atoms with Crippen molar-refractivity contribution in [2.75, 3.05) is 42.5 Å². The van der Waals surface area contributed by atoms with Gasteiger partial charge in [0.1, 0.15) is 5.60 Å². The molecule has 0 spiro atoms. The molecule has 0 bridgehead atoms. The third kappa shape index (κ3) is 7.56. The molecule has 11 heteroatoms. The SMILES string of the molecule is CC(C)(C)OC(=O)N(CCCC(=O)N1CCN(c2ncc(C(F)(F)F)cn2)CC1)c1ccccc1. The predicted molar refractivity (Wildman–Crippen MR) is 125 cm³/mol. The van der Waals surface area contributed by atoms with Crippen molar-refractivity contribution in [2.45, 2.75) is 45.4 Å². The molecule has 1 saturated heterocycles. The zero-order valence-corrected chi connectivity index (χ0v) is 20.1. The van der Waals surface area contributed by atoms with Crippen LogP contribution in [0.25, 0.3) is 0 Å². The number of alkyl halides is 3. The molecule has 1 aliphatic rings. The Morgan fingerprint density at radius 1 is 1.00 bits per heavy atom. The molecule has 0 aliphatic carbocycles. The van der Waals surface area contributed by atoms with E-state index in [1.54, 1.807) is 30.6 Å². The van der Waals surface area contributed by atoms with E-state index in [9.17, 15) is 22.8 Å². The Kier molecular flexibility index (Phi) is 8.18. The number of para-hydroxylation sites is 1. The van der Waals surface area contributed by atoms with Gasteiger partial charge < -0.3 is 14.5 Å². The van der Waals surface area contributed by atoms with Crippen LogP contribution in [0.3, 0.4) is 0 Å². The number of rotatable bonds is 6. The van der Waals surface area contributed by atoms with Crippen molar-refractivity contribution in [1.29, 1.82) is 0 Å². The van der Waals surface area contributed by atoms with Gasteiger partial charge in [-0.2, -0.15) is 13.2 Å². The number of carbonyl (C=O) groups is 2. The summed E-state index contributed by atoms with van der Waals surface area (Å²) < 4.78 is 43.6. The number of nitrogens with zero attached hydrogens (tertiary/aromatic N) is 5. The lowest BCUT2D eigenvalue weighted by atomic mass is 10.2. The third-order valence-corrected chi connectivity index (χ3v) is 5.33. The van der Waals surface area contributed by atoms with Gasteiger partial charge in [0.15, 0.2) is 0 Å². The predicted octanol–water partition coefficient (Wildman–Crippen LogP) is 4.37. The van der Waals surface area contributed by atoms with Gasteiger partial charge in [0.2, 0.25) is 11.9 Å². The topological polar surface area (TPSA) is 78.9 Å². The highest BCUT2D eigenvalue weighted by molar-refractivity contribution is 5.88. The molecular formula is C24H30F3N5O3. The molecule has 2 heterocycles. The summed E-state index contributed by atoms with van der Waals surface area (Å²) in [5, 5.41) is 0. The van der Waals surface area contributed by atoms with Crippen molar-refractivity contribution in [3.8, 4) is 0 Å². The Hall–Kier alpha value is -3.37. The van der Waals surface area contributed by atoms with Gasteiger partial charge in [-0.15, -0.1) is 0 Å². The zero-order valence-electron chi connectivity index (χ0n) is 20.1. The molecule has 1 aliphatic heterocycles. The highest BCUT2D eigenvalue weighted by Gasteiger charge is 2.32. The van der Waals surface area contributed by atoms with Gasteiger partial charge in [-0.1, -0.05) is 18.2 Å². The van der Waals surface area contributed by atoms with Crippen LogP contribution < -0.4 is 9.80 Å². The van der Waals surface area contributed by atoms with Gasteiger partial charge in [-0.05, 0) is 39.3 Å². The minimum absolute atomic E-state index is 0.0461. The average Bonchev–Trinajstić information content (AvgIpc) is 2.81. The van der Waals surface area contributed by atoms with Gasteiger partial charge in [0, 0.05) is 57.2 Å². The number of amides is 2. The van der Waals surface area contributed by atoms with E-state index in [0.717, 1.165) is 12.4 Å². The van der Waals surface area contributed by atoms with Crippen molar-refractivity contribution in [3.05, 3.63) is 48.3 Å². The summed E-state index contributed by atoms with van der Waals surface area (Å²) >= 11 is 0. The zero-order chi connectivity index (χ0) is 25.6. The van der Waals surface area contributed by atoms with Crippen LogP contribution >= 0.6 is 0 Å². The number of aromatic nitrogens is 2. The Morgan fingerprint density at radius 3 is 2.14 bits per heavy atom. The first-order chi connectivity index (χ1) is 16.4. The molecule has 3 rings (SSSR count). The number of ether oxygens (including phenoxy) is 1. The summed E-state index contributed by atoms with van der Waals surface area (Å²) in [5.41, 5.74) is -0.846. The molecule has 1 fully saturated rings. The maximum atomic E-state index is 12.7. The lowest BCUT2D eigenvalue weighted by Crippen LogP contribution is -2.49. The number of hydrogen-bond acceptors (Lipinski definition) is 6. The van der Waals surface area contributed by atoms with Gasteiger partial charge >= 0.3 is 12.3 Å². The summed E-state index contributed by atoms with van der Waals surface area (Å²) in [7, 11) is 0. The van der Waals surface area contributed by atoms with Gasteiger partial charge in [-0.3, -0.25) is 9.69 Å². The van der Waals surface area contributed by atoms with Crippen LogP contribution in [0.4, 0.5) is 29.6 Å². The first-order valence-electron chi connectivity index (χ1n) is 11.4. The van der Waals surface area contributed by atoms with E-state index in [4.69, 9.17) is 4.74 Å². The second-order valence-corrected chi connectivity index (χ2v) is 9.21. The molecule has 1 aromatic carbocycles. The Balaban J connectivity index is 1.50. The number of halogens is 3. The monoisotopic (exact) mass is 493 g/mol. The fraction of sp³-hybridized carbons (Fsp3) is 0.500. The van der Waals surface area contributed by atoms with Crippen molar-refractivity contribution in [2.24, 2.45) is 0 Å². The second kappa shape index (κ2) is 10.9. The normalized spacial score (nSPS) is 14.6. The Labute approximate surface area is 202 Å². The number of piperazine rings is 1. The van der Waals surface area contributed by atoms with Crippen LogP contribution in [-0.2, 0) is 15.7 Å². The van der Waals surface area contributed by atoms with E-state index in [1.165, 1.54) is 4.90 Å². The van der Waals surface area contributed by atoms with E-state index in [0.29, 0.717) is 44.8 Å². The highest BCUT2D eigenvalue weighted by Crippen LogP contribution is 2.28. The molecule has 0 saturated carbocycles. The second-order valence-electron chi connectivity index (χ2n) is 9.21. The van der Waals surface area contributed by atoms with Crippen molar-refractivity contribution in [1.82, 2.24) is 14.9 Å². The fourth-order valence-electron chi connectivity index (χ4n) is 3.58. The lowest BCUT2D eigenvalue weighted by Gasteiger charge is -2.35. The Bertz CT molecular complexity index is 986. The van der Waals surface area contributed by atoms with Crippen molar-refractivity contribution < 1.29 is 27.5 Å². The number of anilines is 2. The minimum Gasteiger partial charge on any atom is -0.443 e. The quantitative estimate of drug-likeness (QED) is 0.595. The van der Waals surface area contributed by atoms with E-state index >= 15 is 0 Å². The molecule has 0 N–H and O–H groups in total. The summed E-state index contributed by atoms with van der Waals surface area (Å²) in [6.45, 7) is 7.39. The Morgan fingerprint density at radius 2 is 1.60 bits per heavy atom. The molecular weight excluding hydrogens is 463 g/mol. The van der Waals surface area contributed by atoms with Gasteiger partial charge in [0.05, 0.1) is 5.56 Å². The molecule has 190 valence electrons. The van der Waals surface area contributed by atoms with E-state index in [2.05, 4.69) is 9.97 Å². The maximum Gasteiger partial charge on any atom is 0.419 e. The van der Waals surface area contributed by atoms with Gasteiger partial charge in [0.25, 0.3) is 0 Å². The minimum atomic E-state index is -4.48. The number of hydrogen-bond donors (Lipinski definition) is 0. The summed E-state index contributed by atoms with van der Waals surface area (Å²) in [5.74, 6) is 0.163. The molecule has 1 aromatic heterocycles. The molecule has 0 atom stereocenters. The van der Waals surface area contributed by atoms with Crippen LogP contribution in [-0.4, -0.2) is 65.2 Å². The molecule has 2 aromatic rings. The first-order valence-corrected chi connectivity index (χ1v) is 11.4. The number of benzene rings is 1. The summed E-state index contributed by atoms with van der Waals surface area (Å²) in [4.78, 5) is 38.1. The standard InChI is InChI=1S/C24H30F3N5O3/c1-23(2,3)35-22(34)32(19-8-5-4-6-9-19)11-7-10-20(33)30-12-14-31(15-13-30)21-28-16-18(17-29-21)24(25,26)27/h4-6,8-9,16-17H,7,10-15H2,1-3H3. The maximum absolute atomic E-state index is 12.7. The molecule has 0 radical (unpaired) electrons. The number of carbonyl (C=O) groups excluding carboxylic acids is 2. The fourth-order valence-corrected chi connectivity index (χ4v) is 3.58. The largest absolute Gasteiger partial charge is 0.443 e. The van der Waals surface area contributed by atoms with Crippen molar-refractivity contribution >= 4 is 23.6 Å². The van der Waals surface area contributed by atoms with E-state index in [1.807, 2.05) is 30.3 Å². The third-order valence-electron chi connectivity index (χ3n) is 5.33. The molecule has 35 heavy (non-hydrogen) atoms. The highest BCUT2D eigenvalue weighted by atomic mass is 19.4. The van der Waals surface area contributed by atoms with Crippen molar-refractivity contribution in [3.63, 3.8) is 0 Å². The van der Waals surface area contributed by atoms with Crippen LogP contribution in [0.1, 0.15) is 39.2 Å². The average molecular weight is 494 g/mol. The van der Waals surface area contributed by atoms with Crippen LogP contribution in [0.5, 0.6) is 0 Å². The molecule has 0 unspecified atom stereocenters.